The third-order valence-corrected chi connectivity index (χ3v) is 9.39. The standard InChI is InChI=1S/C33H31F7N4O3/c34-24-8-4-7-23(32(35,36)37)22(24)18-43-26-11-12-31(13-15-42(16-14-31)17-21-9-10-27(47-21)33(38,39)40)28(26)29(45)44(30(43)46)19-25(41)20-5-2-1-3-6-20/h1-10,25H,11-19,41H2. The van der Waals surface area contributed by atoms with Crippen LogP contribution in [0.1, 0.15) is 64.8 Å². The van der Waals surface area contributed by atoms with E-state index in [0.717, 1.165) is 33.4 Å². The fourth-order valence-electron chi connectivity index (χ4n) is 6.96. The molecule has 1 aliphatic carbocycles. The molecule has 250 valence electrons. The second kappa shape index (κ2) is 12.1. The van der Waals surface area contributed by atoms with Crippen molar-refractivity contribution in [3.05, 3.63) is 127 Å². The van der Waals surface area contributed by atoms with Crippen molar-refractivity contribution < 1.29 is 35.2 Å². The minimum absolute atomic E-state index is 0.113. The van der Waals surface area contributed by atoms with Crippen molar-refractivity contribution in [1.29, 1.82) is 0 Å². The first-order valence-electron chi connectivity index (χ1n) is 15.1. The second-order valence-corrected chi connectivity index (χ2v) is 12.2. The van der Waals surface area contributed by atoms with Crippen LogP contribution in [0.2, 0.25) is 0 Å². The van der Waals surface area contributed by atoms with Crippen molar-refractivity contribution in [3.63, 3.8) is 0 Å². The first kappa shape index (κ1) is 32.8. The van der Waals surface area contributed by atoms with Gasteiger partial charge < -0.3 is 10.2 Å². The highest BCUT2D eigenvalue weighted by Gasteiger charge is 2.46. The highest BCUT2D eigenvalue weighted by molar-refractivity contribution is 5.37. The smallest absolute Gasteiger partial charge is 0.449 e. The van der Waals surface area contributed by atoms with E-state index in [4.69, 9.17) is 10.2 Å². The summed E-state index contributed by atoms with van der Waals surface area (Å²) in [5.41, 5.74) is 3.43. The van der Waals surface area contributed by atoms with E-state index in [1.54, 1.807) is 30.3 Å². The number of benzene rings is 2. The number of piperidine rings is 1. The molecular weight excluding hydrogens is 633 g/mol. The number of fused-ring (bicyclic) bond motifs is 2. The molecule has 3 heterocycles. The van der Waals surface area contributed by atoms with Gasteiger partial charge in [0.05, 0.1) is 25.2 Å². The quantitative estimate of drug-likeness (QED) is 0.245. The molecule has 2 N–H and O–H groups in total. The van der Waals surface area contributed by atoms with Gasteiger partial charge in [-0.25, -0.2) is 9.18 Å². The Morgan fingerprint density at radius 2 is 1.53 bits per heavy atom. The maximum atomic E-state index is 15.0. The first-order valence-corrected chi connectivity index (χ1v) is 15.1. The third kappa shape index (κ3) is 6.28. The summed E-state index contributed by atoms with van der Waals surface area (Å²) in [6.45, 7) is -0.126. The zero-order valence-electron chi connectivity index (χ0n) is 25.0. The number of likely N-dealkylation sites (tertiary alicyclic amines) is 1. The number of alkyl halides is 6. The van der Waals surface area contributed by atoms with E-state index in [1.165, 1.54) is 6.07 Å². The Bertz CT molecular complexity index is 1890. The van der Waals surface area contributed by atoms with Crippen LogP contribution in [0.4, 0.5) is 30.7 Å². The fourth-order valence-corrected chi connectivity index (χ4v) is 6.96. The predicted molar refractivity (Wildman–Crippen MR) is 157 cm³/mol. The van der Waals surface area contributed by atoms with Crippen molar-refractivity contribution >= 4 is 0 Å². The number of hydrogen-bond donors (Lipinski definition) is 1. The average molecular weight is 665 g/mol. The summed E-state index contributed by atoms with van der Waals surface area (Å²) in [7, 11) is 0. The molecule has 4 aromatic rings. The van der Waals surface area contributed by atoms with Crippen LogP contribution in [0.15, 0.2) is 74.7 Å². The van der Waals surface area contributed by atoms with Crippen LogP contribution < -0.4 is 17.0 Å². The zero-order chi connectivity index (χ0) is 33.7. The number of nitrogens with zero attached hydrogens (tertiary/aromatic N) is 3. The summed E-state index contributed by atoms with van der Waals surface area (Å²) in [5, 5.41) is 0. The van der Waals surface area contributed by atoms with Gasteiger partial charge in [-0.2, -0.15) is 26.3 Å². The van der Waals surface area contributed by atoms with Crippen molar-refractivity contribution in [1.82, 2.24) is 14.0 Å². The summed E-state index contributed by atoms with van der Waals surface area (Å²) < 4.78 is 103. The first-order chi connectivity index (χ1) is 22.2. The largest absolute Gasteiger partial charge is 0.455 e. The van der Waals surface area contributed by atoms with Gasteiger partial charge >= 0.3 is 18.0 Å². The third-order valence-electron chi connectivity index (χ3n) is 9.39. The maximum Gasteiger partial charge on any atom is 0.449 e. The highest BCUT2D eigenvalue weighted by atomic mass is 19.4. The zero-order valence-corrected chi connectivity index (χ0v) is 25.0. The Kier molecular flexibility index (Phi) is 8.45. The summed E-state index contributed by atoms with van der Waals surface area (Å²) in [6.07, 6.45) is -8.08. The van der Waals surface area contributed by atoms with E-state index >= 15 is 4.39 Å². The van der Waals surface area contributed by atoms with Gasteiger partial charge in [0.25, 0.3) is 5.56 Å². The van der Waals surface area contributed by atoms with Crippen LogP contribution >= 0.6 is 0 Å². The lowest BCUT2D eigenvalue weighted by Crippen LogP contribution is -2.49. The van der Waals surface area contributed by atoms with Crippen LogP contribution in [-0.2, 0) is 43.8 Å². The van der Waals surface area contributed by atoms with Crippen molar-refractivity contribution in [2.45, 2.75) is 69.1 Å². The summed E-state index contributed by atoms with van der Waals surface area (Å²) >= 11 is 0. The van der Waals surface area contributed by atoms with E-state index in [1.807, 2.05) is 4.90 Å². The van der Waals surface area contributed by atoms with E-state index in [-0.39, 0.29) is 31.0 Å². The van der Waals surface area contributed by atoms with Gasteiger partial charge in [0.2, 0.25) is 5.76 Å². The van der Waals surface area contributed by atoms with Crippen molar-refractivity contribution in [2.75, 3.05) is 13.1 Å². The Morgan fingerprint density at radius 3 is 2.17 bits per heavy atom. The molecule has 1 aliphatic heterocycles. The van der Waals surface area contributed by atoms with E-state index in [2.05, 4.69) is 0 Å². The van der Waals surface area contributed by atoms with Gasteiger partial charge in [0, 0.05) is 28.3 Å². The molecule has 14 heteroatoms. The van der Waals surface area contributed by atoms with Gasteiger partial charge in [-0.1, -0.05) is 36.4 Å². The average Bonchev–Trinajstić information content (AvgIpc) is 3.65. The van der Waals surface area contributed by atoms with E-state index in [0.29, 0.717) is 43.5 Å². The Balaban J connectivity index is 1.38. The topological polar surface area (TPSA) is 86.4 Å². The van der Waals surface area contributed by atoms with Gasteiger partial charge in [-0.3, -0.25) is 18.8 Å². The van der Waals surface area contributed by atoms with Gasteiger partial charge in [0.1, 0.15) is 11.6 Å². The molecule has 2 aromatic carbocycles. The lowest BCUT2D eigenvalue weighted by molar-refractivity contribution is -0.153. The summed E-state index contributed by atoms with van der Waals surface area (Å²) in [6, 6.07) is 12.6. The Labute approximate surface area is 264 Å². The number of nitrogens with two attached hydrogens (primary N) is 1. The number of halogens is 7. The molecule has 47 heavy (non-hydrogen) atoms. The van der Waals surface area contributed by atoms with Crippen LogP contribution in [0.25, 0.3) is 0 Å². The molecule has 1 unspecified atom stereocenters. The van der Waals surface area contributed by atoms with Gasteiger partial charge in [-0.05, 0) is 68.6 Å². The molecule has 7 nitrogen and oxygen atoms in total. The Morgan fingerprint density at radius 1 is 0.830 bits per heavy atom. The molecule has 1 atom stereocenters. The summed E-state index contributed by atoms with van der Waals surface area (Å²) in [4.78, 5) is 30.1. The fraction of sp³-hybridized carbons (Fsp3) is 0.394. The number of hydrogen-bond acceptors (Lipinski definition) is 5. The minimum atomic E-state index is -4.89. The second-order valence-electron chi connectivity index (χ2n) is 12.2. The minimum Gasteiger partial charge on any atom is -0.455 e. The molecule has 0 amide bonds. The van der Waals surface area contributed by atoms with Gasteiger partial charge in [0.15, 0.2) is 0 Å². The molecular formula is C33H31F7N4O3. The summed E-state index contributed by atoms with van der Waals surface area (Å²) in [5.74, 6) is -2.09. The van der Waals surface area contributed by atoms with Crippen LogP contribution in [0, 0.1) is 5.82 Å². The van der Waals surface area contributed by atoms with E-state index < -0.39 is 64.3 Å². The number of furan rings is 1. The van der Waals surface area contributed by atoms with E-state index in [9.17, 15) is 35.9 Å². The SMILES string of the molecule is NC(Cn1c(=O)c2c(n(Cc3c(F)cccc3C(F)(F)F)c1=O)CCC21CCN(Cc2ccc(C(F)(F)F)o2)CC1)c1ccccc1. The maximum absolute atomic E-state index is 15.0. The van der Waals surface area contributed by atoms with Crippen LogP contribution in [-0.4, -0.2) is 27.1 Å². The Hall–Kier alpha value is -4.17. The predicted octanol–water partition coefficient (Wildman–Crippen LogP) is 6.01. The van der Waals surface area contributed by atoms with Gasteiger partial charge in [-0.15, -0.1) is 0 Å². The molecule has 6 rings (SSSR count). The van der Waals surface area contributed by atoms with Crippen LogP contribution in [0.5, 0.6) is 0 Å². The van der Waals surface area contributed by atoms with Crippen LogP contribution in [0.3, 0.4) is 0 Å². The normalized spacial score (nSPS) is 17.3. The number of aromatic nitrogens is 2. The highest BCUT2D eigenvalue weighted by Crippen LogP contribution is 2.45. The monoisotopic (exact) mass is 664 g/mol. The molecule has 2 aromatic heterocycles. The lowest BCUT2D eigenvalue weighted by atomic mass is 9.74. The molecule has 2 aliphatic rings. The molecule has 1 saturated heterocycles. The van der Waals surface area contributed by atoms with Crippen molar-refractivity contribution in [3.8, 4) is 0 Å². The van der Waals surface area contributed by atoms with Crippen molar-refractivity contribution in [2.24, 2.45) is 5.73 Å². The number of rotatable bonds is 7. The molecule has 1 fully saturated rings. The molecule has 0 saturated carbocycles. The molecule has 0 bridgehead atoms. The molecule has 0 radical (unpaired) electrons. The lowest BCUT2D eigenvalue weighted by Gasteiger charge is -2.39. The molecule has 1 spiro atoms.